The van der Waals surface area contributed by atoms with Crippen LogP contribution in [0.25, 0.3) is 0 Å². The van der Waals surface area contributed by atoms with Crippen molar-refractivity contribution in [3.05, 3.63) is 70.3 Å². The summed E-state index contributed by atoms with van der Waals surface area (Å²) in [7, 11) is 0. The number of hydrogen-bond donors (Lipinski definition) is 2. The maximum Gasteiger partial charge on any atom is 0.305 e. The van der Waals surface area contributed by atoms with Crippen molar-refractivity contribution in [2.45, 2.75) is 70.0 Å². The van der Waals surface area contributed by atoms with Gasteiger partial charge in [-0.3, -0.25) is 19.4 Å². The fourth-order valence-electron chi connectivity index (χ4n) is 5.70. The second kappa shape index (κ2) is 10.3. The number of benzene rings is 2. The average molecular weight is 524 g/mol. The van der Waals surface area contributed by atoms with Crippen molar-refractivity contribution in [1.29, 1.82) is 0 Å². The van der Waals surface area contributed by atoms with E-state index in [0.717, 1.165) is 37.7 Å². The van der Waals surface area contributed by atoms with Gasteiger partial charge in [0.1, 0.15) is 23.0 Å². The Bertz CT molecular complexity index is 1270. The van der Waals surface area contributed by atoms with Crippen LogP contribution >= 0.6 is 0 Å². The van der Waals surface area contributed by atoms with Gasteiger partial charge in [0.05, 0.1) is 12.5 Å². The number of amides is 2. The molecular formula is C29H31F2N3O4. The Kier molecular flexibility index (Phi) is 7.03. The van der Waals surface area contributed by atoms with Gasteiger partial charge in [0.15, 0.2) is 0 Å². The summed E-state index contributed by atoms with van der Waals surface area (Å²) in [6, 6.07) is 9.15. The predicted molar refractivity (Wildman–Crippen MR) is 137 cm³/mol. The molecule has 200 valence electrons. The molecular weight excluding hydrogens is 492 g/mol. The molecule has 2 amide bonds. The van der Waals surface area contributed by atoms with E-state index < -0.39 is 23.3 Å². The molecule has 1 heterocycles. The number of carbonyl (C=O) groups excluding carboxylic acids is 2. The largest absolute Gasteiger partial charge is 0.481 e. The number of aliphatic imine (C=N–C) groups is 1. The van der Waals surface area contributed by atoms with Crippen LogP contribution in [0, 0.1) is 24.5 Å². The monoisotopic (exact) mass is 523 g/mol. The number of aliphatic carboxylic acids is 1. The average Bonchev–Trinajstić information content (AvgIpc) is 3.70. The molecule has 1 spiro atoms. The van der Waals surface area contributed by atoms with Crippen molar-refractivity contribution in [2.24, 2.45) is 10.9 Å². The van der Waals surface area contributed by atoms with Crippen LogP contribution in [0.3, 0.4) is 0 Å². The molecule has 1 aliphatic heterocycles. The number of carboxylic acid groups (broad SMARTS) is 1. The first-order valence-corrected chi connectivity index (χ1v) is 13.2. The van der Waals surface area contributed by atoms with E-state index in [1.807, 2.05) is 17.0 Å². The number of carboxylic acids is 1. The molecule has 7 nitrogen and oxygen atoms in total. The smallest absolute Gasteiger partial charge is 0.305 e. The molecule has 3 aliphatic rings. The van der Waals surface area contributed by atoms with Crippen molar-refractivity contribution >= 4 is 23.5 Å². The third-order valence-electron chi connectivity index (χ3n) is 7.88. The van der Waals surface area contributed by atoms with E-state index in [4.69, 9.17) is 10.1 Å². The van der Waals surface area contributed by atoms with Crippen LogP contribution in [0.5, 0.6) is 0 Å². The van der Waals surface area contributed by atoms with E-state index in [1.54, 1.807) is 12.1 Å². The molecule has 0 radical (unpaired) electrons. The summed E-state index contributed by atoms with van der Waals surface area (Å²) < 4.78 is 28.9. The quantitative estimate of drug-likeness (QED) is 0.513. The zero-order valence-corrected chi connectivity index (χ0v) is 21.3. The summed E-state index contributed by atoms with van der Waals surface area (Å²) in [4.78, 5) is 44.0. The van der Waals surface area contributed by atoms with E-state index in [0.29, 0.717) is 18.4 Å². The van der Waals surface area contributed by atoms with E-state index in [9.17, 15) is 23.2 Å². The Hall–Kier alpha value is -3.62. The first kappa shape index (κ1) is 26.0. The Morgan fingerprint density at radius 2 is 1.74 bits per heavy atom. The van der Waals surface area contributed by atoms with Crippen LogP contribution in [0.15, 0.2) is 41.4 Å². The highest BCUT2D eigenvalue weighted by Crippen LogP contribution is 2.52. The SMILES string of the molecule is Cc1c(F)cc(C2=NC3(CCCCC3)N(C(c3ccc(C(=O)NCCC(=O)O)cc3)C3CC3)C2=O)cc1F. The first-order chi connectivity index (χ1) is 18.2. The van der Waals surface area contributed by atoms with Gasteiger partial charge < -0.3 is 15.3 Å². The van der Waals surface area contributed by atoms with Gasteiger partial charge in [-0.25, -0.2) is 8.78 Å². The van der Waals surface area contributed by atoms with Gasteiger partial charge in [0.2, 0.25) is 0 Å². The standard InChI is InChI=1S/C29H31F2N3O4/c1-17-22(30)15-21(16-23(17)31)25-28(38)34(29(33-25)12-3-2-4-13-29)26(18-5-6-18)19-7-9-20(10-8-19)27(37)32-14-11-24(35)36/h7-10,15-16,18,26H,2-6,11-14H2,1H3,(H,32,37)(H,35,36). The lowest BCUT2D eigenvalue weighted by Crippen LogP contribution is -2.50. The predicted octanol–water partition coefficient (Wildman–Crippen LogP) is 4.92. The van der Waals surface area contributed by atoms with Crippen molar-refractivity contribution in [3.63, 3.8) is 0 Å². The molecule has 1 atom stereocenters. The number of hydrogen-bond acceptors (Lipinski definition) is 4. The van der Waals surface area contributed by atoms with Gasteiger partial charge in [0.25, 0.3) is 11.8 Å². The molecule has 0 saturated heterocycles. The van der Waals surface area contributed by atoms with E-state index in [-0.39, 0.29) is 53.6 Å². The molecule has 0 aromatic heterocycles. The molecule has 2 N–H and O–H groups in total. The van der Waals surface area contributed by atoms with Crippen LogP contribution in [0.2, 0.25) is 0 Å². The zero-order valence-electron chi connectivity index (χ0n) is 21.3. The van der Waals surface area contributed by atoms with Gasteiger partial charge in [-0.15, -0.1) is 0 Å². The number of nitrogens with zero attached hydrogens (tertiary/aromatic N) is 2. The maximum absolute atomic E-state index is 14.5. The lowest BCUT2D eigenvalue weighted by molar-refractivity contribution is -0.137. The third kappa shape index (κ3) is 4.93. The van der Waals surface area contributed by atoms with E-state index in [2.05, 4.69) is 5.32 Å². The fourth-order valence-corrected chi connectivity index (χ4v) is 5.70. The second-order valence-electron chi connectivity index (χ2n) is 10.5. The molecule has 5 rings (SSSR count). The fraction of sp³-hybridized carbons (Fsp3) is 0.448. The maximum atomic E-state index is 14.5. The van der Waals surface area contributed by atoms with Gasteiger partial charge in [0, 0.05) is 23.2 Å². The highest BCUT2D eigenvalue weighted by atomic mass is 19.1. The Labute approximate surface area is 219 Å². The second-order valence-corrected chi connectivity index (χ2v) is 10.5. The minimum Gasteiger partial charge on any atom is -0.481 e. The number of halogens is 2. The summed E-state index contributed by atoms with van der Waals surface area (Å²) in [5.41, 5.74) is 0.688. The van der Waals surface area contributed by atoms with Gasteiger partial charge in [-0.05, 0) is 81.2 Å². The highest BCUT2D eigenvalue weighted by Gasteiger charge is 2.54. The van der Waals surface area contributed by atoms with E-state index >= 15 is 0 Å². The summed E-state index contributed by atoms with van der Waals surface area (Å²) in [6.45, 7) is 1.40. The summed E-state index contributed by atoms with van der Waals surface area (Å²) >= 11 is 0. The molecule has 2 aromatic rings. The minimum absolute atomic E-state index is 0.0335. The van der Waals surface area contributed by atoms with Crippen LogP contribution < -0.4 is 5.32 Å². The van der Waals surface area contributed by atoms with Crippen LogP contribution in [0.1, 0.15) is 84.5 Å². The molecule has 2 aromatic carbocycles. The molecule has 0 bridgehead atoms. The van der Waals surface area contributed by atoms with Crippen LogP contribution in [-0.4, -0.2) is 45.7 Å². The van der Waals surface area contributed by atoms with E-state index in [1.165, 1.54) is 19.1 Å². The molecule has 2 fully saturated rings. The Morgan fingerprint density at radius 1 is 1.11 bits per heavy atom. The Morgan fingerprint density at radius 3 is 2.32 bits per heavy atom. The topological polar surface area (TPSA) is 99.1 Å². The molecule has 9 heteroatoms. The molecule has 2 aliphatic carbocycles. The normalized spacial score (nSPS) is 19.4. The minimum atomic E-state index is -0.988. The number of rotatable bonds is 8. The third-order valence-corrected chi connectivity index (χ3v) is 7.88. The molecule has 1 unspecified atom stereocenters. The Balaban J connectivity index is 1.47. The van der Waals surface area contributed by atoms with Gasteiger partial charge in [-0.2, -0.15) is 0 Å². The van der Waals surface area contributed by atoms with Crippen LogP contribution in [-0.2, 0) is 9.59 Å². The lowest BCUT2D eigenvalue weighted by Gasteiger charge is -2.44. The number of carbonyl (C=O) groups is 3. The molecule has 38 heavy (non-hydrogen) atoms. The number of nitrogens with one attached hydrogen (secondary N) is 1. The van der Waals surface area contributed by atoms with Gasteiger partial charge >= 0.3 is 5.97 Å². The summed E-state index contributed by atoms with van der Waals surface area (Å²) in [5, 5.41) is 11.4. The molecule has 2 saturated carbocycles. The lowest BCUT2D eigenvalue weighted by atomic mass is 9.86. The van der Waals surface area contributed by atoms with Crippen LogP contribution in [0.4, 0.5) is 8.78 Å². The van der Waals surface area contributed by atoms with Crippen molar-refractivity contribution in [2.75, 3.05) is 6.54 Å². The zero-order chi connectivity index (χ0) is 27.0. The van der Waals surface area contributed by atoms with Crippen molar-refractivity contribution in [3.8, 4) is 0 Å². The first-order valence-electron chi connectivity index (χ1n) is 13.2. The van der Waals surface area contributed by atoms with Crippen molar-refractivity contribution < 1.29 is 28.3 Å². The highest BCUT2D eigenvalue weighted by molar-refractivity contribution is 6.46. The van der Waals surface area contributed by atoms with Crippen molar-refractivity contribution in [1.82, 2.24) is 10.2 Å². The van der Waals surface area contributed by atoms with Gasteiger partial charge in [-0.1, -0.05) is 18.6 Å². The summed E-state index contributed by atoms with van der Waals surface area (Å²) in [5.74, 6) is -2.85. The summed E-state index contributed by atoms with van der Waals surface area (Å²) in [6.07, 6.45) is 5.97.